The van der Waals surface area contributed by atoms with E-state index in [4.69, 9.17) is 0 Å². The van der Waals surface area contributed by atoms with Gasteiger partial charge in [0.25, 0.3) is 0 Å². The Morgan fingerprint density at radius 1 is 1.46 bits per heavy atom. The molecule has 3 heteroatoms. The number of carbonyl (C=O) groups is 1. The van der Waals surface area contributed by atoms with E-state index in [1.807, 2.05) is 20.8 Å². The number of rotatable bonds is 3. The fraction of sp³-hybridized carbons (Fsp3) is 0.500. The van der Waals surface area contributed by atoms with Crippen molar-refractivity contribution in [2.45, 2.75) is 33.6 Å². The van der Waals surface area contributed by atoms with Crippen LogP contribution in [0.3, 0.4) is 0 Å². The Hall–Kier alpha value is -1.25. The Kier molecular flexibility index (Phi) is 3.12. The van der Waals surface area contributed by atoms with Crippen LogP contribution in [0.15, 0.2) is 6.20 Å². The van der Waals surface area contributed by atoms with Gasteiger partial charge < -0.3 is 0 Å². The van der Waals surface area contributed by atoms with Crippen molar-refractivity contribution in [1.82, 2.24) is 9.97 Å². The minimum absolute atomic E-state index is 0.211. The SMILES string of the molecule is CCC(=O)Cc1nc(C)cnc1C. The minimum atomic E-state index is 0.211. The van der Waals surface area contributed by atoms with Crippen LogP contribution in [0.2, 0.25) is 0 Å². The van der Waals surface area contributed by atoms with Crippen molar-refractivity contribution in [3.8, 4) is 0 Å². The molecule has 1 aromatic heterocycles. The second-order valence-corrected chi connectivity index (χ2v) is 3.11. The summed E-state index contributed by atoms with van der Waals surface area (Å²) >= 11 is 0. The lowest BCUT2D eigenvalue weighted by molar-refractivity contribution is -0.118. The molecule has 0 atom stereocenters. The fourth-order valence-corrected chi connectivity index (χ4v) is 1.07. The first kappa shape index (κ1) is 9.84. The average molecular weight is 178 g/mol. The molecule has 0 radical (unpaired) electrons. The second-order valence-electron chi connectivity index (χ2n) is 3.11. The molecule has 0 aliphatic heterocycles. The van der Waals surface area contributed by atoms with Gasteiger partial charge in [0.2, 0.25) is 0 Å². The maximum Gasteiger partial charge on any atom is 0.138 e. The van der Waals surface area contributed by atoms with Crippen LogP contribution in [0, 0.1) is 13.8 Å². The summed E-state index contributed by atoms with van der Waals surface area (Å²) < 4.78 is 0. The molecule has 3 nitrogen and oxygen atoms in total. The Labute approximate surface area is 78.2 Å². The molecule has 0 aliphatic rings. The number of ketones is 1. The lowest BCUT2D eigenvalue weighted by atomic mass is 10.1. The van der Waals surface area contributed by atoms with E-state index in [1.54, 1.807) is 6.20 Å². The summed E-state index contributed by atoms with van der Waals surface area (Å²) in [5, 5.41) is 0. The van der Waals surface area contributed by atoms with E-state index in [0.29, 0.717) is 12.8 Å². The molecule has 1 heterocycles. The summed E-state index contributed by atoms with van der Waals surface area (Å²) in [5.74, 6) is 0.211. The number of nitrogens with zero attached hydrogens (tertiary/aromatic N) is 2. The highest BCUT2D eigenvalue weighted by molar-refractivity contribution is 5.80. The molecule has 0 bridgehead atoms. The molecule has 0 amide bonds. The van der Waals surface area contributed by atoms with Gasteiger partial charge in [0.1, 0.15) is 5.78 Å². The zero-order valence-corrected chi connectivity index (χ0v) is 8.29. The number of hydrogen-bond acceptors (Lipinski definition) is 3. The Balaban J connectivity index is 2.87. The predicted octanol–water partition coefficient (Wildman–Crippen LogP) is 1.62. The number of Topliss-reactive ketones (excluding diaryl/α,β-unsaturated/α-hetero) is 1. The number of aryl methyl sites for hydroxylation is 2. The van der Waals surface area contributed by atoms with Crippen molar-refractivity contribution < 1.29 is 4.79 Å². The van der Waals surface area contributed by atoms with Crippen molar-refractivity contribution in [3.63, 3.8) is 0 Å². The normalized spacial score (nSPS) is 10.1. The molecule has 0 aromatic carbocycles. The topological polar surface area (TPSA) is 42.9 Å². The van der Waals surface area contributed by atoms with E-state index in [0.717, 1.165) is 17.1 Å². The quantitative estimate of drug-likeness (QED) is 0.706. The number of hydrogen-bond donors (Lipinski definition) is 0. The summed E-state index contributed by atoms with van der Waals surface area (Å²) in [7, 11) is 0. The fourth-order valence-electron chi connectivity index (χ4n) is 1.07. The second kappa shape index (κ2) is 4.12. The molecule has 0 N–H and O–H groups in total. The lowest BCUT2D eigenvalue weighted by Crippen LogP contribution is -2.06. The van der Waals surface area contributed by atoms with E-state index in [1.165, 1.54) is 0 Å². The van der Waals surface area contributed by atoms with Gasteiger partial charge in [-0.1, -0.05) is 6.92 Å². The van der Waals surface area contributed by atoms with Gasteiger partial charge in [-0.2, -0.15) is 0 Å². The van der Waals surface area contributed by atoms with Gasteiger partial charge in [0.15, 0.2) is 0 Å². The minimum Gasteiger partial charge on any atom is -0.299 e. The van der Waals surface area contributed by atoms with Crippen molar-refractivity contribution in [2.24, 2.45) is 0 Å². The highest BCUT2D eigenvalue weighted by Crippen LogP contribution is 2.04. The summed E-state index contributed by atoms with van der Waals surface area (Å²) in [4.78, 5) is 19.6. The average Bonchev–Trinajstić information content (AvgIpc) is 2.11. The van der Waals surface area contributed by atoms with Crippen LogP contribution in [0.1, 0.15) is 30.4 Å². The van der Waals surface area contributed by atoms with Crippen molar-refractivity contribution in [3.05, 3.63) is 23.3 Å². The molecule has 1 aromatic rings. The van der Waals surface area contributed by atoms with Crippen LogP contribution in [0.5, 0.6) is 0 Å². The van der Waals surface area contributed by atoms with Gasteiger partial charge in [-0.05, 0) is 13.8 Å². The van der Waals surface area contributed by atoms with E-state index >= 15 is 0 Å². The molecular weight excluding hydrogens is 164 g/mol. The molecule has 13 heavy (non-hydrogen) atoms. The zero-order valence-electron chi connectivity index (χ0n) is 8.29. The van der Waals surface area contributed by atoms with Crippen LogP contribution in [0.4, 0.5) is 0 Å². The molecule has 1 rings (SSSR count). The van der Waals surface area contributed by atoms with Gasteiger partial charge in [-0.25, -0.2) is 0 Å². The first-order valence-corrected chi connectivity index (χ1v) is 4.44. The molecule has 0 fully saturated rings. The van der Waals surface area contributed by atoms with Crippen molar-refractivity contribution in [1.29, 1.82) is 0 Å². The van der Waals surface area contributed by atoms with Crippen LogP contribution < -0.4 is 0 Å². The monoisotopic (exact) mass is 178 g/mol. The van der Waals surface area contributed by atoms with Gasteiger partial charge >= 0.3 is 0 Å². The Morgan fingerprint density at radius 3 is 2.77 bits per heavy atom. The van der Waals surface area contributed by atoms with Crippen LogP contribution in [-0.4, -0.2) is 15.8 Å². The van der Waals surface area contributed by atoms with Gasteiger partial charge in [0, 0.05) is 12.6 Å². The van der Waals surface area contributed by atoms with E-state index in [2.05, 4.69) is 9.97 Å². The third-order valence-corrected chi connectivity index (χ3v) is 1.93. The van der Waals surface area contributed by atoms with Gasteiger partial charge in [0.05, 0.1) is 23.5 Å². The largest absolute Gasteiger partial charge is 0.299 e. The standard InChI is InChI=1S/C10H14N2O/c1-4-9(13)5-10-8(3)11-6-7(2)12-10/h6H,4-5H2,1-3H3. The van der Waals surface area contributed by atoms with Crippen LogP contribution in [0.25, 0.3) is 0 Å². The third kappa shape index (κ3) is 2.61. The summed E-state index contributed by atoms with van der Waals surface area (Å²) in [5.41, 5.74) is 2.53. The molecule has 0 aliphatic carbocycles. The molecule has 70 valence electrons. The third-order valence-electron chi connectivity index (χ3n) is 1.93. The zero-order chi connectivity index (χ0) is 9.84. The van der Waals surface area contributed by atoms with E-state index in [-0.39, 0.29) is 5.78 Å². The van der Waals surface area contributed by atoms with Crippen molar-refractivity contribution >= 4 is 5.78 Å². The van der Waals surface area contributed by atoms with E-state index < -0.39 is 0 Å². The molecule has 0 spiro atoms. The van der Waals surface area contributed by atoms with Crippen LogP contribution >= 0.6 is 0 Å². The van der Waals surface area contributed by atoms with E-state index in [9.17, 15) is 4.79 Å². The highest BCUT2D eigenvalue weighted by Gasteiger charge is 2.06. The molecule has 0 saturated carbocycles. The lowest BCUT2D eigenvalue weighted by Gasteiger charge is -2.02. The number of carbonyl (C=O) groups excluding carboxylic acids is 1. The number of aromatic nitrogens is 2. The van der Waals surface area contributed by atoms with Crippen molar-refractivity contribution in [2.75, 3.05) is 0 Å². The summed E-state index contributed by atoms with van der Waals surface area (Å²) in [6.45, 7) is 5.62. The summed E-state index contributed by atoms with van der Waals surface area (Å²) in [6.07, 6.45) is 2.70. The van der Waals surface area contributed by atoms with Gasteiger partial charge in [-0.15, -0.1) is 0 Å². The Morgan fingerprint density at radius 2 is 2.15 bits per heavy atom. The maximum absolute atomic E-state index is 11.2. The van der Waals surface area contributed by atoms with Gasteiger partial charge in [-0.3, -0.25) is 14.8 Å². The Bertz CT molecular complexity index is 321. The predicted molar refractivity (Wildman–Crippen MR) is 50.5 cm³/mol. The maximum atomic E-state index is 11.2. The molecular formula is C10H14N2O. The molecule has 0 unspecified atom stereocenters. The smallest absolute Gasteiger partial charge is 0.138 e. The van der Waals surface area contributed by atoms with Crippen LogP contribution in [-0.2, 0) is 11.2 Å². The summed E-state index contributed by atoms with van der Waals surface area (Å²) in [6, 6.07) is 0. The highest BCUT2D eigenvalue weighted by atomic mass is 16.1. The first-order chi connectivity index (χ1) is 6.13. The first-order valence-electron chi connectivity index (χ1n) is 4.44. The molecule has 0 saturated heterocycles.